The second-order valence-corrected chi connectivity index (χ2v) is 6.74. The van der Waals surface area contributed by atoms with Crippen molar-refractivity contribution in [3.05, 3.63) is 0 Å². The molecule has 3 heteroatoms. The van der Waals surface area contributed by atoms with Crippen LogP contribution in [0.5, 0.6) is 0 Å². The monoisotopic (exact) mass is 314 g/mol. The molecule has 0 rings (SSSR count). The van der Waals surface area contributed by atoms with Crippen molar-refractivity contribution in [2.24, 2.45) is 11.8 Å². The molecule has 4 unspecified atom stereocenters. The summed E-state index contributed by atoms with van der Waals surface area (Å²) >= 11 is 7.09. The molecular formula is C10H20Br2O. The van der Waals surface area contributed by atoms with Crippen LogP contribution in [0.2, 0.25) is 0 Å². The lowest BCUT2D eigenvalue weighted by Crippen LogP contribution is -2.19. The molecule has 0 amide bonds. The Morgan fingerprint density at radius 1 is 0.846 bits per heavy atom. The summed E-state index contributed by atoms with van der Waals surface area (Å²) in [6.45, 7) is 10.4. The zero-order chi connectivity index (χ0) is 10.4. The van der Waals surface area contributed by atoms with E-state index in [1.807, 2.05) is 0 Å². The molecule has 0 aliphatic heterocycles. The maximum absolute atomic E-state index is 5.62. The van der Waals surface area contributed by atoms with Gasteiger partial charge in [-0.1, -0.05) is 59.6 Å². The lowest BCUT2D eigenvalue weighted by Gasteiger charge is -2.18. The van der Waals surface area contributed by atoms with Crippen molar-refractivity contribution in [1.29, 1.82) is 0 Å². The highest BCUT2D eigenvalue weighted by atomic mass is 79.9. The van der Waals surface area contributed by atoms with Gasteiger partial charge in [0.05, 0.1) is 13.2 Å². The molecule has 1 nitrogen and oxygen atoms in total. The molecule has 0 saturated carbocycles. The van der Waals surface area contributed by atoms with E-state index in [-0.39, 0.29) is 0 Å². The zero-order valence-electron chi connectivity index (χ0n) is 8.89. The fraction of sp³-hybridized carbons (Fsp3) is 1.00. The van der Waals surface area contributed by atoms with Gasteiger partial charge in [-0.2, -0.15) is 0 Å². The van der Waals surface area contributed by atoms with Crippen LogP contribution in [0.3, 0.4) is 0 Å². The van der Waals surface area contributed by atoms with Crippen molar-refractivity contribution in [3.63, 3.8) is 0 Å². The molecule has 0 bridgehead atoms. The largest absolute Gasteiger partial charge is 0.381 e. The van der Waals surface area contributed by atoms with Crippen LogP contribution >= 0.6 is 31.9 Å². The minimum atomic E-state index is 0.532. The van der Waals surface area contributed by atoms with Crippen molar-refractivity contribution in [2.75, 3.05) is 13.2 Å². The van der Waals surface area contributed by atoms with Crippen LogP contribution in [0.4, 0.5) is 0 Å². The standard InChI is InChI=1S/C10H20Br2O/c1-7(9(3)11)5-13-6-8(2)10(4)12/h7-10H,5-6H2,1-4H3. The third-order valence-electron chi connectivity index (χ3n) is 2.33. The SMILES string of the molecule is CC(Br)C(C)COCC(C)C(C)Br. The fourth-order valence-corrected chi connectivity index (χ4v) is 1.01. The van der Waals surface area contributed by atoms with Gasteiger partial charge in [0.25, 0.3) is 0 Å². The van der Waals surface area contributed by atoms with E-state index in [2.05, 4.69) is 59.6 Å². The average molecular weight is 316 g/mol. The van der Waals surface area contributed by atoms with E-state index in [4.69, 9.17) is 4.74 Å². The van der Waals surface area contributed by atoms with Crippen molar-refractivity contribution in [1.82, 2.24) is 0 Å². The van der Waals surface area contributed by atoms with Crippen LogP contribution in [0.25, 0.3) is 0 Å². The molecule has 0 N–H and O–H groups in total. The molecule has 13 heavy (non-hydrogen) atoms. The molecule has 0 aliphatic carbocycles. The van der Waals surface area contributed by atoms with Crippen molar-refractivity contribution in [3.8, 4) is 0 Å². The number of ether oxygens (including phenoxy) is 1. The average Bonchev–Trinajstić information content (AvgIpc) is 2.03. The molecule has 0 radical (unpaired) electrons. The Labute approximate surface area is 98.9 Å². The smallest absolute Gasteiger partial charge is 0.0502 e. The van der Waals surface area contributed by atoms with Gasteiger partial charge in [-0.3, -0.25) is 0 Å². The van der Waals surface area contributed by atoms with Gasteiger partial charge in [0.1, 0.15) is 0 Å². The highest BCUT2D eigenvalue weighted by molar-refractivity contribution is 9.09. The van der Waals surface area contributed by atoms with E-state index in [0.29, 0.717) is 21.5 Å². The topological polar surface area (TPSA) is 9.23 Å². The highest BCUT2D eigenvalue weighted by Gasteiger charge is 2.11. The van der Waals surface area contributed by atoms with Crippen LogP contribution in [0.15, 0.2) is 0 Å². The van der Waals surface area contributed by atoms with Gasteiger partial charge in [0, 0.05) is 9.65 Å². The molecule has 0 fully saturated rings. The molecule has 0 aromatic heterocycles. The summed E-state index contributed by atoms with van der Waals surface area (Å²) in [6, 6.07) is 0. The maximum Gasteiger partial charge on any atom is 0.0502 e. The van der Waals surface area contributed by atoms with Crippen LogP contribution in [0, 0.1) is 11.8 Å². The van der Waals surface area contributed by atoms with Gasteiger partial charge in [0.15, 0.2) is 0 Å². The Bertz CT molecular complexity index is 112. The fourth-order valence-electron chi connectivity index (χ4n) is 0.705. The normalized spacial score (nSPS) is 20.8. The van der Waals surface area contributed by atoms with E-state index < -0.39 is 0 Å². The summed E-state index contributed by atoms with van der Waals surface area (Å²) in [4.78, 5) is 1.06. The summed E-state index contributed by atoms with van der Waals surface area (Å²) in [5, 5.41) is 0. The molecule has 0 aromatic rings. The van der Waals surface area contributed by atoms with E-state index >= 15 is 0 Å². The van der Waals surface area contributed by atoms with Gasteiger partial charge >= 0.3 is 0 Å². The van der Waals surface area contributed by atoms with Gasteiger partial charge in [-0.25, -0.2) is 0 Å². The number of rotatable bonds is 6. The molecule has 0 aliphatic rings. The first-order valence-corrected chi connectivity index (χ1v) is 6.64. The van der Waals surface area contributed by atoms with Gasteiger partial charge in [-0.05, 0) is 11.8 Å². The van der Waals surface area contributed by atoms with Crippen LogP contribution in [-0.2, 0) is 4.74 Å². The summed E-state index contributed by atoms with van der Waals surface area (Å²) in [7, 11) is 0. The van der Waals surface area contributed by atoms with Crippen molar-refractivity contribution in [2.45, 2.75) is 37.3 Å². The molecule has 0 saturated heterocycles. The summed E-state index contributed by atoms with van der Waals surface area (Å²) in [6.07, 6.45) is 0. The summed E-state index contributed by atoms with van der Waals surface area (Å²) in [5.74, 6) is 1.16. The Kier molecular flexibility index (Phi) is 7.76. The first kappa shape index (κ1) is 13.9. The lowest BCUT2D eigenvalue weighted by atomic mass is 10.1. The maximum atomic E-state index is 5.62. The van der Waals surface area contributed by atoms with Crippen LogP contribution < -0.4 is 0 Å². The minimum absolute atomic E-state index is 0.532. The predicted octanol–water partition coefficient (Wildman–Crippen LogP) is 3.84. The third kappa shape index (κ3) is 6.92. The number of alkyl halides is 2. The molecule has 80 valence electrons. The highest BCUT2D eigenvalue weighted by Crippen LogP contribution is 2.15. The van der Waals surface area contributed by atoms with Gasteiger partial charge < -0.3 is 4.74 Å². The molecule has 0 aromatic carbocycles. The second kappa shape index (κ2) is 7.24. The first-order valence-electron chi connectivity index (χ1n) is 4.81. The number of halogens is 2. The van der Waals surface area contributed by atoms with E-state index in [1.165, 1.54) is 0 Å². The Morgan fingerprint density at radius 3 is 1.38 bits per heavy atom. The van der Waals surface area contributed by atoms with Crippen molar-refractivity contribution < 1.29 is 4.74 Å². The van der Waals surface area contributed by atoms with E-state index in [0.717, 1.165) is 13.2 Å². The Hall–Kier alpha value is 0.920. The third-order valence-corrected chi connectivity index (χ3v) is 4.13. The van der Waals surface area contributed by atoms with Gasteiger partial charge in [0.2, 0.25) is 0 Å². The summed E-state index contributed by atoms with van der Waals surface area (Å²) < 4.78 is 5.62. The quantitative estimate of drug-likeness (QED) is 0.677. The molecule has 0 spiro atoms. The first-order chi connectivity index (χ1) is 5.95. The molecular weight excluding hydrogens is 296 g/mol. The Morgan fingerprint density at radius 2 is 1.15 bits per heavy atom. The summed E-state index contributed by atoms with van der Waals surface area (Å²) in [5.41, 5.74) is 0. The second-order valence-electron chi connectivity index (χ2n) is 3.85. The predicted molar refractivity (Wildman–Crippen MR) is 65.9 cm³/mol. The molecule has 4 atom stereocenters. The van der Waals surface area contributed by atoms with E-state index in [1.54, 1.807) is 0 Å². The van der Waals surface area contributed by atoms with E-state index in [9.17, 15) is 0 Å². The van der Waals surface area contributed by atoms with Crippen LogP contribution in [-0.4, -0.2) is 22.9 Å². The van der Waals surface area contributed by atoms with Crippen molar-refractivity contribution >= 4 is 31.9 Å². The van der Waals surface area contributed by atoms with Crippen LogP contribution in [0.1, 0.15) is 27.7 Å². The minimum Gasteiger partial charge on any atom is -0.381 e. The number of hydrogen-bond donors (Lipinski definition) is 0. The number of hydrogen-bond acceptors (Lipinski definition) is 1. The Balaban J connectivity index is 3.45. The van der Waals surface area contributed by atoms with Gasteiger partial charge in [-0.15, -0.1) is 0 Å². The lowest BCUT2D eigenvalue weighted by molar-refractivity contribution is 0.0815. The molecule has 0 heterocycles. The zero-order valence-corrected chi connectivity index (χ0v) is 12.1.